The number of nitrogens with two attached hydrogens (primary N) is 1. The fourth-order valence-corrected chi connectivity index (χ4v) is 4.60. The lowest BCUT2D eigenvalue weighted by molar-refractivity contribution is -0.119. The molecule has 1 aromatic carbocycles. The van der Waals surface area contributed by atoms with Crippen LogP contribution in [-0.2, 0) is 4.79 Å². The molecule has 3 aromatic rings. The summed E-state index contributed by atoms with van der Waals surface area (Å²) in [5.74, 6) is 0.346. The summed E-state index contributed by atoms with van der Waals surface area (Å²) < 4.78 is 2.10. The van der Waals surface area contributed by atoms with Crippen molar-refractivity contribution in [3.05, 3.63) is 53.4 Å². The third-order valence-corrected chi connectivity index (χ3v) is 6.21. The van der Waals surface area contributed by atoms with E-state index in [1.807, 2.05) is 47.8 Å². The Kier molecular flexibility index (Phi) is 4.95. The van der Waals surface area contributed by atoms with Crippen molar-refractivity contribution in [2.24, 2.45) is 5.73 Å². The SMILES string of the molecule is NC(=O)NC(=O)C(Sc1nnc(-c2cccs2)n1C1CC1)c1ccccc1. The van der Waals surface area contributed by atoms with Crippen LogP contribution in [0.4, 0.5) is 4.79 Å². The standard InChI is InChI=1S/C18H17N5O2S2/c19-17(25)20-16(24)14(11-5-2-1-3-6-11)27-18-22-21-15(13-7-4-10-26-13)23(18)12-8-9-12/h1-7,10,12,14H,8-9H2,(H3,19,20,24,25). The summed E-state index contributed by atoms with van der Waals surface area (Å²) in [5, 5.41) is 12.9. The molecule has 4 rings (SSSR count). The van der Waals surface area contributed by atoms with Crippen molar-refractivity contribution in [3.63, 3.8) is 0 Å². The molecular weight excluding hydrogens is 382 g/mol. The molecule has 0 radical (unpaired) electrons. The number of urea groups is 1. The number of carbonyl (C=O) groups is 2. The van der Waals surface area contributed by atoms with Crippen molar-refractivity contribution in [3.8, 4) is 10.7 Å². The Labute approximate surface area is 164 Å². The number of amides is 3. The fraction of sp³-hybridized carbons (Fsp3) is 0.222. The van der Waals surface area contributed by atoms with Gasteiger partial charge in [0.1, 0.15) is 5.25 Å². The fourth-order valence-electron chi connectivity index (χ4n) is 2.79. The van der Waals surface area contributed by atoms with E-state index in [1.165, 1.54) is 11.8 Å². The van der Waals surface area contributed by atoms with Crippen molar-refractivity contribution < 1.29 is 9.59 Å². The van der Waals surface area contributed by atoms with Crippen LogP contribution >= 0.6 is 23.1 Å². The first-order chi connectivity index (χ1) is 13.1. The molecule has 9 heteroatoms. The monoisotopic (exact) mass is 399 g/mol. The van der Waals surface area contributed by atoms with Crippen molar-refractivity contribution in [2.75, 3.05) is 0 Å². The Balaban J connectivity index is 1.69. The lowest BCUT2D eigenvalue weighted by atomic mass is 10.1. The number of hydrogen-bond donors (Lipinski definition) is 2. The Morgan fingerprint density at radius 2 is 1.96 bits per heavy atom. The van der Waals surface area contributed by atoms with E-state index in [1.54, 1.807) is 11.3 Å². The Bertz CT molecular complexity index is 952. The summed E-state index contributed by atoms with van der Waals surface area (Å²) in [6.07, 6.45) is 2.13. The van der Waals surface area contributed by atoms with Gasteiger partial charge in [0.05, 0.1) is 4.88 Å². The summed E-state index contributed by atoms with van der Waals surface area (Å²) >= 11 is 2.88. The molecule has 27 heavy (non-hydrogen) atoms. The molecule has 3 N–H and O–H groups in total. The van der Waals surface area contributed by atoms with Gasteiger partial charge in [0.15, 0.2) is 11.0 Å². The number of aromatic nitrogens is 3. The molecule has 1 aliphatic carbocycles. The first kappa shape index (κ1) is 17.7. The summed E-state index contributed by atoms with van der Waals surface area (Å²) in [7, 11) is 0. The van der Waals surface area contributed by atoms with Gasteiger partial charge in [-0.2, -0.15) is 0 Å². The van der Waals surface area contributed by atoms with Gasteiger partial charge in [-0.25, -0.2) is 4.79 Å². The highest BCUT2D eigenvalue weighted by atomic mass is 32.2. The van der Waals surface area contributed by atoms with Crippen LogP contribution in [0, 0.1) is 0 Å². The first-order valence-electron chi connectivity index (χ1n) is 8.44. The van der Waals surface area contributed by atoms with Crippen molar-refractivity contribution in [2.45, 2.75) is 29.3 Å². The van der Waals surface area contributed by atoms with Crippen molar-refractivity contribution in [1.29, 1.82) is 0 Å². The molecule has 1 atom stereocenters. The molecule has 2 aromatic heterocycles. The highest BCUT2D eigenvalue weighted by Gasteiger charge is 2.33. The van der Waals surface area contributed by atoms with Crippen LogP contribution in [0.25, 0.3) is 10.7 Å². The summed E-state index contributed by atoms with van der Waals surface area (Å²) in [6.45, 7) is 0. The van der Waals surface area contributed by atoms with Gasteiger partial charge in [-0.1, -0.05) is 48.2 Å². The number of carbonyl (C=O) groups excluding carboxylic acids is 2. The molecule has 138 valence electrons. The predicted octanol–water partition coefficient (Wildman–Crippen LogP) is 3.37. The molecule has 7 nitrogen and oxygen atoms in total. The quantitative estimate of drug-likeness (QED) is 0.619. The van der Waals surface area contributed by atoms with E-state index in [4.69, 9.17) is 5.73 Å². The van der Waals surface area contributed by atoms with E-state index in [0.29, 0.717) is 11.2 Å². The largest absolute Gasteiger partial charge is 0.351 e. The zero-order valence-corrected chi connectivity index (χ0v) is 15.9. The van der Waals surface area contributed by atoms with Gasteiger partial charge in [0, 0.05) is 6.04 Å². The second kappa shape index (κ2) is 7.53. The zero-order chi connectivity index (χ0) is 18.8. The number of rotatable bonds is 6. The Morgan fingerprint density at radius 1 is 1.19 bits per heavy atom. The van der Waals surface area contributed by atoms with Crippen LogP contribution in [0.5, 0.6) is 0 Å². The summed E-state index contributed by atoms with van der Waals surface area (Å²) in [4.78, 5) is 24.8. The van der Waals surface area contributed by atoms with Crippen LogP contribution in [0.2, 0.25) is 0 Å². The highest BCUT2D eigenvalue weighted by Crippen LogP contribution is 2.44. The molecule has 2 heterocycles. The maximum Gasteiger partial charge on any atom is 0.318 e. The second-order valence-corrected chi connectivity index (χ2v) is 8.17. The van der Waals surface area contributed by atoms with Crippen LogP contribution in [0.1, 0.15) is 29.7 Å². The number of nitrogens with zero attached hydrogens (tertiary/aromatic N) is 3. The zero-order valence-electron chi connectivity index (χ0n) is 14.2. The number of thiophene rings is 1. The Morgan fingerprint density at radius 3 is 2.59 bits per heavy atom. The van der Waals surface area contributed by atoms with Gasteiger partial charge in [-0.3, -0.25) is 14.7 Å². The van der Waals surface area contributed by atoms with Gasteiger partial charge in [0.25, 0.3) is 0 Å². The minimum atomic E-state index is -0.871. The lowest BCUT2D eigenvalue weighted by Gasteiger charge is -2.16. The summed E-state index contributed by atoms with van der Waals surface area (Å²) in [5.41, 5.74) is 5.91. The van der Waals surface area contributed by atoms with E-state index in [-0.39, 0.29) is 0 Å². The highest BCUT2D eigenvalue weighted by molar-refractivity contribution is 8.00. The molecule has 3 amide bonds. The van der Waals surface area contributed by atoms with E-state index < -0.39 is 17.2 Å². The number of imide groups is 1. The number of hydrogen-bond acceptors (Lipinski definition) is 6. The molecule has 0 aliphatic heterocycles. The maximum absolute atomic E-state index is 12.6. The van der Waals surface area contributed by atoms with Crippen LogP contribution in [-0.4, -0.2) is 26.7 Å². The molecule has 0 saturated heterocycles. The van der Waals surface area contributed by atoms with Crippen LogP contribution in [0.3, 0.4) is 0 Å². The number of benzene rings is 1. The van der Waals surface area contributed by atoms with E-state index in [0.717, 1.165) is 29.1 Å². The minimum absolute atomic E-state index is 0.343. The van der Waals surface area contributed by atoms with E-state index in [2.05, 4.69) is 20.1 Å². The molecule has 1 fully saturated rings. The second-order valence-electron chi connectivity index (χ2n) is 6.15. The molecule has 0 bridgehead atoms. The van der Waals surface area contributed by atoms with Crippen molar-refractivity contribution >= 4 is 35.0 Å². The van der Waals surface area contributed by atoms with Gasteiger partial charge >= 0.3 is 6.03 Å². The molecule has 1 aliphatic rings. The maximum atomic E-state index is 12.6. The first-order valence-corrected chi connectivity index (χ1v) is 10.2. The summed E-state index contributed by atoms with van der Waals surface area (Å²) in [6, 6.07) is 12.7. The average molecular weight is 400 g/mol. The smallest absolute Gasteiger partial charge is 0.318 e. The average Bonchev–Trinajstić information content (AvgIpc) is 3.18. The molecule has 1 saturated carbocycles. The van der Waals surface area contributed by atoms with E-state index in [9.17, 15) is 9.59 Å². The Hall–Kier alpha value is -2.65. The van der Waals surface area contributed by atoms with E-state index >= 15 is 0 Å². The lowest BCUT2D eigenvalue weighted by Crippen LogP contribution is -2.37. The van der Waals surface area contributed by atoms with Crippen molar-refractivity contribution in [1.82, 2.24) is 20.1 Å². The van der Waals surface area contributed by atoms with Crippen LogP contribution in [0.15, 0.2) is 53.0 Å². The van der Waals surface area contributed by atoms with Gasteiger partial charge < -0.3 is 5.73 Å². The number of nitrogens with one attached hydrogen (secondary N) is 1. The number of thioether (sulfide) groups is 1. The van der Waals surface area contributed by atoms with Gasteiger partial charge in [-0.15, -0.1) is 21.5 Å². The normalized spacial score (nSPS) is 14.7. The van der Waals surface area contributed by atoms with Gasteiger partial charge in [0.2, 0.25) is 5.91 Å². The van der Waals surface area contributed by atoms with Gasteiger partial charge in [-0.05, 0) is 29.9 Å². The number of primary amides is 1. The predicted molar refractivity (Wildman–Crippen MR) is 104 cm³/mol. The molecule has 0 spiro atoms. The molecule has 1 unspecified atom stereocenters. The van der Waals surface area contributed by atoms with Crippen LogP contribution < -0.4 is 11.1 Å². The molecular formula is C18H17N5O2S2. The third kappa shape index (κ3) is 3.88. The minimum Gasteiger partial charge on any atom is -0.351 e. The topological polar surface area (TPSA) is 103 Å². The third-order valence-electron chi connectivity index (χ3n) is 4.13.